The molecular weight excluding hydrogens is 436 g/mol. The van der Waals surface area contributed by atoms with Crippen LogP contribution in [0, 0.1) is 0 Å². The summed E-state index contributed by atoms with van der Waals surface area (Å²) >= 11 is 0. The number of aromatic nitrogens is 2. The Kier molecular flexibility index (Phi) is 4.82. The molecule has 0 fully saturated rings. The Bertz CT molecular complexity index is 1880. The van der Waals surface area contributed by atoms with E-state index in [0.717, 1.165) is 38.9 Å². The van der Waals surface area contributed by atoms with E-state index in [1.807, 2.05) is 18.2 Å². The summed E-state index contributed by atoms with van der Waals surface area (Å²) in [6, 6.07) is 46.8. The zero-order valence-corrected chi connectivity index (χ0v) is 19.6. The monoisotopic (exact) mass is 458 g/mol. The van der Waals surface area contributed by atoms with Crippen LogP contribution < -0.4 is 0 Å². The van der Waals surface area contributed by atoms with Gasteiger partial charge in [-0.25, -0.2) is 9.97 Å². The van der Waals surface area contributed by atoms with E-state index < -0.39 is 0 Å². The fourth-order valence-electron chi connectivity index (χ4n) is 5.11. The van der Waals surface area contributed by atoms with Gasteiger partial charge in [0.1, 0.15) is 0 Å². The van der Waals surface area contributed by atoms with Crippen LogP contribution in [0.15, 0.2) is 133 Å². The summed E-state index contributed by atoms with van der Waals surface area (Å²) in [7, 11) is 0. The first-order chi connectivity index (χ1) is 17.8. The van der Waals surface area contributed by atoms with E-state index in [2.05, 4.69) is 115 Å². The van der Waals surface area contributed by atoms with E-state index in [9.17, 15) is 0 Å². The van der Waals surface area contributed by atoms with Crippen LogP contribution in [-0.4, -0.2) is 9.97 Å². The summed E-state index contributed by atoms with van der Waals surface area (Å²) in [5.74, 6) is 0.741. The molecule has 7 aromatic rings. The van der Waals surface area contributed by atoms with Crippen molar-refractivity contribution in [2.75, 3.05) is 0 Å². The van der Waals surface area contributed by atoms with Gasteiger partial charge in [-0.15, -0.1) is 0 Å². The van der Waals surface area contributed by atoms with Crippen molar-refractivity contribution >= 4 is 32.4 Å². The molecule has 2 nitrogen and oxygen atoms in total. The predicted molar refractivity (Wildman–Crippen MR) is 151 cm³/mol. The number of hydrogen-bond donors (Lipinski definition) is 0. The topological polar surface area (TPSA) is 25.8 Å². The minimum Gasteiger partial charge on any atom is -0.227 e. The van der Waals surface area contributed by atoms with Crippen LogP contribution in [-0.2, 0) is 0 Å². The largest absolute Gasteiger partial charge is 0.227 e. The molecule has 0 amide bonds. The Balaban J connectivity index is 1.50. The third-order valence-corrected chi connectivity index (χ3v) is 6.86. The highest BCUT2D eigenvalue weighted by Crippen LogP contribution is 2.36. The zero-order chi connectivity index (χ0) is 23.9. The fourth-order valence-corrected chi connectivity index (χ4v) is 5.11. The normalized spacial score (nSPS) is 11.3. The maximum atomic E-state index is 5.13. The number of nitrogens with zero attached hydrogens (tertiary/aromatic N) is 2. The predicted octanol–water partition coefficient (Wildman–Crippen LogP) is 8.94. The molecule has 0 spiro atoms. The van der Waals surface area contributed by atoms with Gasteiger partial charge in [-0.05, 0) is 39.4 Å². The lowest BCUT2D eigenvalue weighted by atomic mass is 9.95. The van der Waals surface area contributed by atoms with Gasteiger partial charge < -0.3 is 0 Å². The number of benzene rings is 6. The van der Waals surface area contributed by atoms with Crippen LogP contribution in [0.2, 0.25) is 0 Å². The molecule has 0 N–H and O–H groups in total. The molecule has 6 aromatic carbocycles. The smallest absolute Gasteiger partial charge is 0.160 e. The van der Waals surface area contributed by atoms with Crippen LogP contribution in [0.5, 0.6) is 0 Å². The summed E-state index contributed by atoms with van der Waals surface area (Å²) in [4.78, 5) is 10.2. The lowest BCUT2D eigenvalue weighted by Crippen LogP contribution is -1.96. The first-order valence-electron chi connectivity index (χ1n) is 12.2. The van der Waals surface area contributed by atoms with Gasteiger partial charge in [-0.3, -0.25) is 0 Å². The minimum atomic E-state index is 0.741. The van der Waals surface area contributed by atoms with Gasteiger partial charge in [0.2, 0.25) is 0 Å². The van der Waals surface area contributed by atoms with E-state index in [-0.39, 0.29) is 0 Å². The molecule has 0 aliphatic heterocycles. The second-order valence-electron chi connectivity index (χ2n) is 9.05. The summed E-state index contributed by atoms with van der Waals surface area (Å²) in [5.41, 5.74) is 6.43. The molecule has 0 aliphatic carbocycles. The van der Waals surface area contributed by atoms with E-state index in [0.29, 0.717) is 0 Å². The number of rotatable bonds is 3. The Morgan fingerprint density at radius 3 is 1.89 bits per heavy atom. The number of fused-ring (bicyclic) bond motifs is 4. The highest BCUT2D eigenvalue weighted by atomic mass is 14.9. The van der Waals surface area contributed by atoms with Crippen molar-refractivity contribution < 1.29 is 0 Å². The summed E-state index contributed by atoms with van der Waals surface area (Å²) in [5, 5.41) is 5.87. The maximum Gasteiger partial charge on any atom is 0.160 e. The fraction of sp³-hybridized carbons (Fsp3) is 0. The molecule has 0 unspecified atom stereocenters. The van der Waals surface area contributed by atoms with Crippen molar-refractivity contribution in [2.45, 2.75) is 0 Å². The van der Waals surface area contributed by atoms with Gasteiger partial charge in [0.25, 0.3) is 0 Å². The maximum absolute atomic E-state index is 5.13. The Morgan fingerprint density at radius 2 is 1.03 bits per heavy atom. The highest BCUT2D eigenvalue weighted by Gasteiger charge is 2.14. The third-order valence-electron chi connectivity index (χ3n) is 6.86. The van der Waals surface area contributed by atoms with Crippen LogP contribution in [0.4, 0.5) is 0 Å². The Hall–Kier alpha value is -4.82. The average Bonchev–Trinajstić information content (AvgIpc) is 2.96. The molecule has 7 rings (SSSR count). The van der Waals surface area contributed by atoms with Crippen LogP contribution in [0.3, 0.4) is 0 Å². The molecule has 36 heavy (non-hydrogen) atoms. The average molecular weight is 459 g/mol. The lowest BCUT2D eigenvalue weighted by Gasteiger charge is -2.13. The Morgan fingerprint density at radius 1 is 0.389 bits per heavy atom. The van der Waals surface area contributed by atoms with Crippen molar-refractivity contribution in [1.82, 2.24) is 9.97 Å². The zero-order valence-electron chi connectivity index (χ0n) is 19.6. The molecule has 0 atom stereocenters. The van der Waals surface area contributed by atoms with Crippen LogP contribution in [0.25, 0.3) is 66.2 Å². The molecule has 0 saturated heterocycles. The summed E-state index contributed by atoms with van der Waals surface area (Å²) in [6.45, 7) is 0. The van der Waals surface area contributed by atoms with Gasteiger partial charge in [-0.2, -0.15) is 0 Å². The van der Waals surface area contributed by atoms with Gasteiger partial charge in [0.05, 0.1) is 11.2 Å². The molecule has 0 aliphatic rings. The van der Waals surface area contributed by atoms with Gasteiger partial charge >= 0.3 is 0 Å². The van der Waals surface area contributed by atoms with Crippen LogP contribution >= 0.6 is 0 Å². The standard InChI is InChI=1S/C34H22N2/c1-2-12-25(13-3-1)34-35-32(31-21-20-24-11-5-7-18-30(24)33(31)36-34)27-16-8-15-26(22-27)29-19-9-14-23-10-4-6-17-28(23)29/h1-22H. The van der Waals surface area contributed by atoms with Crippen molar-refractivity contribution in [3.8, 4) is 33.8 Å². The first kappa shape index (κ1) is 20.5. The van der Waals surface area contributed by atoms with Crippen LogP contribution in [0.1, 0.15) is 0 Å². The van der Waals surface area contributed by atoms with Gasteiger partial charge in [0, 0.05) is 21.9 Å². The SMILES string of the molecule is c1ccc(-c2nc(-c3cccc(-c4cccc5ccccc45)c3)c3ccc4ccccc4c3n2)cc1. The second kappa shape index (κ2) is 8.44. The van der Waals surface area contributed by atoms with E-state index >= 15 is 0 Å². The highest BCUT2D eigenvalue weighted by molar-refractivity contribution is 6.10. The van der Waals surface area contributed by atoms with Crippen molar-refractivity contribution in [1.29, 1.82) is 0 Å². The minimum absolute atomic E-state index is 0.741. The molecule has 0 bridgehead atoms. The summed E-state index contributed by atoms with van der Waals surface area (Å²) in [6.07, 6.45) is 0. The molecule has 2 heteroatoms. The van der Waals surface area contributed by atoms with Gasteiger partial charge in [-0.1, -0.05) is 121 Å². The molecule has 1 heterocycles. The summed E-state index contributed by atoms with van der Waals surface area (Å²) < 4.78 is 0. The van der Waals surface area contributed by atoms with E-state index in [1.54, 1.807) is 0 Å². The molecule has 168 valence electrons. The molecular formula is C34H22N2. The van der Waals surface area contributed by atoms with Crippen molar-refractivity contribution in [3.05, 3.63) is 133 Å². The number of hydrogen-bond acceptors (Lipinski definition) is 2. The molecule has 0 radical (unpaired) electrons. The Labute approximate surface area is 209 Å². The first-order valence-corrected chi connectivity index (χ1v) is 12.2. The molecule has 0 saturated carbocycles. The van der Waals surface area contributed by atoms with Crippen molar-refractivity contribution in [2.24, 2.45) is 0 Å². The molecule has 1 aromatic heterocycles. The third kappa shape index (κ3) is 3.43. The van der Waals surface area contributed by atoms with E-state index in [1.165, 1.54) is 27.3 Å². The second-order valence-corrected chi connectivity index (χ2v) is 9.05. The lowest BCUT2D eigenvalue weighted by molar-refractivity contribution is 1.23. The van der Waals surface area contributed by atoms with Crippen molar-refractivity contribution in [3.63, 3.8) is 0 Å². The van der Waals surface area contributed by atoms with E-state index in [4.69, 9.17) is 9.97 Å². The quantitative estimate of drug-likeness (QED) is 0.247. The van der Waals surface area contributed by atoms with Gasteiger partial charge in [0.15, 0.2) is 5.82 Å².